The summed E-state index contributed by atoms with van der Waals surface area (Å²) in [6.45, 7) is 2.15. The Morgan fingerprint density at radius 1 is 1.43 bits per heavy atom. The Labute approximate surface area is 122 Å². The smallest absolute Gasteiger partial charge is 0.258 e. The summed E-state index contributed by atoms with van der Waals surface area (Å²) in [7, 11) is 0. The number of para-hydroxylation sites is 1. The van der Waals surface area contributed by atoms with Crippen LogP contribution in [0.2, 0.25) is 0 Å². The minimum absolute atomic E-state index is 0.0133. The summed E-state index contributed by atoms with van der Waals surface area (Å²) < 4.78 is 0. The largest absolute Gasteiger partial charge is 0.352 e. The first-order valence-corrected chi connectivity index (χ1v) is 7.15. The van der Waals surface area contributed by atoms with E-state index in [1.165, 1.54) is 0 Å². The van der Waals surface area contributed by atoms with Crippen molar-refractivity contribution in [3.63, 3.8) is 0 Å². The molecule has 21 heavy (non-hydrogen) atoms. The van der Waals surface area contributed by atoms with Gasteiger partial charge < -0.3 is 10.3 Å². The molecule has 1 aliphatic rings. The number of rotatable bonds is 5. The summed E-state index contributed by atoms with van der Waals surface area (Å²) in [6, 6.07) is 7.23. The zero-order valence-corrected chi connectivity index (χ0v) is 11.8. The second-order valence-electron chi connectivity index (χ2n) is 5.42. The summed E-state index contributed by atoms with van der Waals surface area (Å²) >= 11 is 0. The van der Waals surface area contributed by atoms with Crippen LogP contribution in [0.1, 0.15) is 25.6 Å². The molecule has 1 saturated carbocycles. The van der Waals surface area contributed by atoms with Gasteiger partial charge in [0.25, 0.3) is 5.56 Å². The predicted molar refractivity (Wildman–Crippen MR) is 79.8 cm³/mol. The topological polar surface area (TPSA) is 86.9 Å². The number of aromatic amines is 1. The van der Waals surface area contributed by atoms with E-state index in [4.69, 9.17) is 0 Å². The van der Waals surface area contributed by atoms with Crippen molar-refractivity contribution in [2.24, 2.45) is 0 Å². The minimum atomic E-state index is -0.317. The molecule has 1 aromatic carbocycles. The molecule has 1 fully saturated rings. The summed E-state index contributed by atoms with van der Waals surface area (Å²) in [6.07, 6.45) is 2.13. The van der Waals surface area contributed by atoms with Gasteiger partial charge in [0.2, 0.25) is 5.91 Å². The quantitative estimate of drug-likeness (QED) is 0.754. The van der Waals surface area contributed by atoms with E-state index in [9.17, 15) is 9.59 Å². The van der Waals surface area contributed by atoms with E-state index in [2.05, 4.69) is 20.6 Å². The zero-order valence-electron chi connectivity index (χ0n) is 11.8. The van der Waals surface area contributed by atoms with Gasteiger partial charge in [-0.2, -0.15) is 0 Å². The lowest BCUT2D eigenvalue weighted by Crippen LogP contribution is -2.43. The van der Waals surface area contributed by atoms with Crippen molar-refractivity contribution in [3.05, 3.63) is 40.4 Å². The van der Waals surface area contributed by atoms with Gasteiger partial charge in [0, 0.05) is 6.04 Å². The first kappa shape index (κ1) is 13.8. The maximum absolute atomic E-state index is 11.9. The molecule has 6 heteroatoms. The Hall–Kier alpha value is -2.21. The highest BCUT2D eigenvalue weighted by Gasteiger charge is 2.25. The molecule has 1 atom stereocenters. The Kier molecular flexibility index (Phi) is 3.70. The van der Waals surface area contributed by atoms with E-state index in [-0.39, 0.29) is 17.5 Å². The molecule has 110 valence electrons. The molecule has 0 aliphatic heterocycles. The second kappa shape index (κ2) is 5.65. The van der Waals surface area contributed by atoms with Crippen molar-refractivity contribution in [2.75, 3.05) is 0 Å². The number of H-pyrrole nitrogens is 1. The lowest BCUT2D eigenvalue weighted by molar-refractivity contribution is -0.122. The molecule has 3 N–H and O–H groups in total. The fourth-order valence-corrected chi connectivity index (χ4v) is 2.11. The SMILES string of the molecule is CC(NCc1nc2ccccc2c(=O)[nH]1)C(=O)NC1CC1. The van der Waals surface area contributed by atoms with Gasteiger partial charge in [0.05, 0.1) is 23.5 Å². The normalized spacial score (nSPS) is 15.9. The number of nitrogens with one attached hydrogen (secondary N) is 3. The van der Waals surface area contributed by atoms with Gasteiger partial charge in [-0.25, -0.2) is 4.98 Å². The van der Waals surface area contributed by atoms with Crippen LogP contribution >= 0.6 is 0 Å². The van der Waals surface area contributed by atoms with Gasteiger partial charge in [-0.1, -0.05) is 12.1 Å². The van der Waals surface area contributed by atoms with Gasteiger partial charge in [-0.3, -0.25) is 14.9 Å². The van der Waals surface area contributed by atoms with Crippen LogP contribution in [0.25, 0.3) is 10.9 Å². The van der Waals surface area contributed by atoms with Crippen LogP contribution in [0, 0.1) is 0 Å². The molecule has 0 radical (unpaired) electrons. The molecule has 1 amide bonds. The lowest BCUT2D eigenvalue weighted by atomic mass is 10.2. The van der Waals surface area contributed by atoms with Crippen molar-refractivity contribution >= 4 is 16.8 Å². The molecular weight excluding hydrogens is 268 g/mol. The molecule has 6 nitrogen and oxygen atoms in total. The van der Waals surface area contributed by atoms with Crippen molar-refractivity contribution in [1.82, 2.24) is 20.6 Å². The Morgan fingerprint density at radius 3 is 2.95 bits per heavy atom. The second-order valence-corrected chi connectivity index (χ2v) is 5.42. The van der Waals surface area contributed by atoms with Crippen LogP contribution in [0.3, 0.4) is 0 Å². The van der Waals surface area contributed by atoms with Gasteiger partial charge in [-0.15, -0.1) is 0 Å². The van der Waals surface area contributed by atoms with Gasteiger partial charge in [-0.05, 0) is 31.9 Å². The molecule has 1 heterocycles. The molecule has 0 spiro atoms. The van der Waals surface area contributed by atoms with E-state index >= 15 is 0 Å². The first-order chi connectivity index (χ1) is 10.1. The van der Waals surface area contributed by atoms with Crippen LogP contribution in [0.4, 0.5) is 0 Å². The highest BCUT2D eigenvalue weighted by Crippen LogP contribution is 2.18. The molecule has 2 aromatic rings. The summed E-state index contributed by atoms with van der Waals surface area (Å²) in [5, 5.41) is 6.59. The van der Waals surface area contributed by atoms with Crippen molar-refractivity contribution < 1.29 is 4.79 Å². The van der Waals surface area contributed by atoms with Crippen molar-refractivity contribution in [2.45, 2.75) is 38.4 Å². The van der Waals surface area contributed by atoms with E-state index in [0.29, 0.717) is 29.3 Å². The van der Waals surface area contributed by atoms with Gasteiger partial charge in [0.1, 0.15) is 5.82 Å². The van der Waals surface area contributed by atoms with Crippen molar-refractivity contribution in [3.8, 4) is 0 Å². The molecule has 0 saturated heterocycles. The molecule has 3 rings (SSSR count). The summed E-state index contributed by atoms with van der Waals surface area (Å²) in [5.74, 6) is 0.519. The number of fused-ring (bicyclic) bond motifs is 1. The zero-order chi connectivity index (χ0) is 14.8. The Morgan fingerprint density at radius 2 is 2.19 bits per heavy atom. The van der Waals surface area contributed by atoms with Crippen LogP contribution in [0.15, 0.2) is 29.1 Å². The van der Waals surface area contributed by atoms with Crippen LogP contribution in [-0.4, -0.2) is 28.0 Å². The number of carbonyl (C=O) groups excluding carboxylic acids is 1. The fraction of sp³-hybridized carbons (Fsp3) is 0.400. The maximum Gasteiger partial charge on any atom is 0.258 e. The molecule has 1 unspecified atom stereocenters. The molecule has 0 bridgehead atoms. The highest BCUT2D eigenvalue weighted by molar-refractivity contribution is 5.81. The van der Waals surface area contributed by atoms with Crippen LogP contribution < -0.4 is 16.2 Å². The molecule has 1 aromatic heterocycles. The fourth-order valence-electron chi connectivity index (χ4n) is 2.11. The number of benzene rings is 1. The van der Waals surface area contributed by atoms with E-state index < -0.39 is 0 Å². The number of hydrogen-bond donors (Lipinski definition) is 3. The molecular formula is C15H18N4O2. The number of aromatic nitrogens is 2. The number of carbonyl (C=O) groups is 1. The van der Waals surface area contributed by atoms with Gasteiger partial charge >= 0.3 is 0 Å². The third-order valence-electron chi connectivity index (χ3n) is 3.55. The third kappa shape index (κ3) is 3.28. The van der Waals surface area contributed by atoms with E-state index in [1.807, 2.05) is 12.1 Å². The Balaban J connectivity index is 1.67. The first-order valence-electron chi connectivity index (χ1n) is 7.15. The average molecular weight is 286 g/mol. The number of amides is 1. The minimum Gasteiger partial charge on any atom is -0.352 e. The predicted octanol–water partition coefficient (Wildman–Crippen LogP) is 0.680. The average Bonchev–Trinajstić information content (AvgIpc) is 3.28. The Bertz CT molecular complexity index is 721. The summed E-state index contributed by atoms with van der Waals surface area (Å²) in [5.41, 5.74) is 0.501. The summed E-state index contributed by atoms with van der Waals surface area (Å²) in [4.78, 5) is 30.9. The number of nitrogens with zero attached hydrogens (tertiary/aromatic N) is 1. The lowest BCUT2D eigenvalue weighted by Gasteiger charge is -2.13. The standard InChI is InChI=1S/C15H18N4O2/c1-9(14(20)17-10-6-7-10)16-8-13-18-12-5-3-2-4-11(12)15(21)19-13/h2-5,9-10,16H,6-8H2,1H3,(H,17,20)(H,18,19,21). The van der Waals surface area contributed by atoms with Crippen LogP contribution in [0.5, 0.6) is 0 Å². The van der Waals surface area contributed by atoms with E-state index in [1.54, 1.807) is 19.1 Å². The third-order valence-corrected chi connectivity index (χ3v) is 3.55. The van der Waals surface area contributed by atoms with E-state index in [0.717, 1.165) is 12.8 Å². The molecule has 1 aliphatic carbocycles. The monoisotopic (exact) mass is 286 g/mol. The number of hydrogen-bond acceptors (Lipinski definition) is 4. The van der Waals surface area contributed by atoms with Gasteiger partial charge in [0.15, 0.2) is 0 Å². The maximum atomic E-state index is 11.9. The highest BCUT2D eigenvalue weighted by atomic mass is 16.2. The van der Waals surface area contributed by atoms with Crippen molar-refractivity contribution in [1.29, 1.82) is 0 Å². The van der Waals surface area contributed by atoms with Crippen LogP contribution in [-0.2, 0) is 11.3 Å².